The van der Waals surface area contributed by atoms with E-state index in [4.69, 9.17) is 0 Å². The monoisotopic (exact) mass is 286 g/mol. The minimum Gasteiger partial charge on any atom is -0.316 e. The van der Waals surface area contributed by atoms with E-state index in [1.54, 1.807) is 6.07 Å². The second-order valence-electron chi connectivity index (χ2n) is 4.19. The van der Waals surface area contributed by atoms with Crippen molar-refractivity contribution in [3.8, 4) is 0 Å². The Morgan fingerprint density at radius 3 is 3.00 bits per heavy atom. The van der Waals surface area contributed by atoms with Crippen molar-refractivity contribution in [1.29, 1.82) is 0 Å². The van der Waals surface area contributed by atoms with Crippen molar-refractivity contribution in [2.24, 2.45) is 5.92 Å². The molecule has 2 unspecified atom stereocenters. The van der Waals surface area contributed by atoms with Crippen molar-refractivity contribution in [3.63, 3.8) is 0 Å². The average molecular weight is 287 g/mol. The molecular formula is C12H16BrFN2. The Morgan fingerprint density at radius 2 is 2.38 bits per heavy atom. The van der Waals surface area contributed by atoms with E-state index in [-0.39, 0.29) is 11.9 Å². The third kappa shape index (κ3) is 2.44. The van der Waals surface area contributed by atoms with Gasteiger partial charge in [-0.3, -0.25) is 0 Å². The van der Waals surface area contributed by atoms with Gasteiger partial charge in [-0.25, -0.2) is 4.39 Å². The maximum absolute atomic E-state index is 13.8. The van der Waals surface area contributed by atoms with Gasteiger partial charge >= 0.3 is 0 Å². The fourth-order valence-corrected chi connectivity index (χ4v) is 2.74. The molecule has 2 rings (SSSR count). The van der Waals surface area contributed by atoms with Crippen LogP contribution in [-0.2, 0) is 0 Å². The summed E-state index contributed by atoms with van der Waals surface area (Å²) in [6.07, 6.45) is 1.09. The van der Waals surface area contributed by atoms with Crippen LogP contribution in [0.3, 0.4) is 0 Å². The summed E-state index contributed by atoms with van der Waals surface area (Å²) in [5, 5.41) is 6.54. The molecular weight excluding hydrogens is 271 g/mol. The molecule has 2 nitrogen and oxygen atoms in total. The fourth-order valence-electron chi connectivity index (χ4n) is 2.36. The minimum absolute atomic E-state index is 0.0903. The molecule has 16 heavy (non-hydrogen) atoms. The van der Waals surface area contributed by atoms with Crippen molar-refractivity contribution < 1.29 is 4.39 Å². The lowest BCUT2D eigenvalue weighted by Gasteiger charge is -2.23. The topological polar surface area (TPSA) is 24.1 Å². The predicted molar refractivity (Wildman–Crippen MR) is 66.9 cm³/mol. The van der Waals surface area contributed by atoms with Gasteiger partial charge in [0.2, 0.25) is 0 Å². The summed E-state index contributed by atoms with van der Waals surface area (Å²) in [6.45, 7) is 1.98. The second-order valence-corrected chi connectivity index (χ2v) is 5.10. The van der Waals surface area contributed by atoms with Crippen LogP contribution in [0.2, 0.25) is 0 Å². The summed E-state index contributed by atoms with van der Waals surface area (Å²) in [7, 11) is 1.89. The highest BCUT2D eigenvalue weighted by Crippen LogP contribution is 2.30. The summed E-state index contributed by atoms with van der Waals surface area (Å²) < 4.78 is 14.7. The molecule has 0 amide bonds. The Morgan fingerprint density at radius 1 is 1.56 bits per heavy atom. The quantitative estimate of drug-likeness (QED) is 0.892. The Labute approximate surface area is 104 Å². The van der Waals surface area contributed by atoms with E-state index in [0.717, 1.165) is 29.5 Å². The van der Waals surface area contributed by atoms with Crippen LogP contribution in [0, 0.1) is 11.7 Å². The Kier molecular flexibility index (Phi) is 3.95. The molecule has 88 valence electrons. The first kappa shape index (κ1) is 12.0. The van der Waals surface area contributed by atoms with Crippen LogP contribution in [0.4, 0.5) is 4.39 Å². The third-order valence-corrected chi connectivity index (χ3v) is 3.67. The van der Waals surface area contributed by atoms with Gasteiger partial charge < -0.3 is 10.6 Å². The zero-order valence-electron chi connectivity index (χ0n) is 9.26. The first-order valence-corrected chi connectivity index (χ1v) is 6.34. The molecule has 0 aromatic heterocycles. The van der Waals surface area contributed by atoms with Gasteiger partial charge in [0.25, 0.3) is 0 Å². The number of rotatable bonds is 3. The van der Waals surface area contributed by atoms with Crippen molar-refractivity contribution >= 4 is 15.9 Å². The van der Waals surface area contributed by atoms with Crippen LogP contribution >= 0.6 is 15.9 Å². The van der Waals surface area contributed by atoms with E-state index in [1.807, 2.05) is 13.1 Å². The van der Waals surface area contributed by atoms with Gasteiger partial charge in [0, 0.05) is 16.1 Å². The van der Waals surface area contributed by atoms with Gasteiger partial charge in [0.05, 0.1) is 0 Å². The van der Waals surface area contributed by atoms with E-state index >= 15 is 0 Å². The molecule has 0 saturated carbocycles. The Balaban J connectivity index is 2.28. The third-order valence-electron chi connectivity index (χ3n) is 3.17. The minimum atomic E-state index is -0.130. The lowest BCUT2D eigenvalue weighted by Crippen LogP contribution is -2.27. The highest BCUT2D eigenvalue weighted by molar-refractivity contribution is 9.10. The van der Waals surface area contributed by atoms with Crippen LogP contribution in [0.25, 0.3) is 0 Å². The van der Waals surface area contributed by atoms with Crippen molar-refractivity contribution in [2.75, 3.05) is 20.1 Å². The first-order chi connectivity index (χ1) is 7.72. The van der Waals surface area contributed by atoms with Crippen LogP contribution in [0.15, 0.2) is 22.7 Å². The highest BCUT2D eigenvalue weighted by atomic mass is 79.9. The Bertz CT molecular complexity index is 364. The van der Waals surface area contributed by atoms with Crippen LogP contribution in [0.5, 0.6) is 0 Å². The molecule has 1 aromatic carbocycles. The summed E-state index contributed by atoms with van der Waals surface area (Å²) in [6, 6.07) is 5.21. The number of benzene rings is 1. The zero-order valence-corrected chi connectivity index (χ0v) is 10.8. The van der Waals surface area contributed by atoms with Gasteiger partial charge in [-0.1, -0.05) is 15.9 Å². The van der Waals surface area contributed by atoms with Crippen molar-refractivity contribution in [2.45, 2.75) is 12.5 Å². The number of halogens is 2. The van der Waals surface area contributed by atoms with E-state index in [0.29, 0.717) is 5.92 Å². The van der Waals surface area contributed by atoms with Crippen molar-refractivity contribution in [3.05, 3.63) is 34.1 Å². The number of nitrogens with one attached hydrogen (secondary N) is 2. The number of hydrogen-bond donors (Lipinski definition) is 2. The fraction of sp³-hybridized carbons (Fsp3) is 0.500. The molecule has 2 atom stereocenters. The normalized spacial score (nSPS) is 22.3. The molecule has 1 heterocycles. The standard InChI is InChI=1S/C12H16BrFN2/c1-15-12(8-4-5-16-7-8)10-6-9(13)2-3-11(10)14/h2-3,6,8,12,15-16H,4-5,7H2,1H3. The molecule has 1 fully saturated rings. The maximum atomic E-state index is 13.8. The summed E-state index contributed by atoms with van der Waals surface area (Å²) >= 11 is 3.39. The molecule has 0 radical (unpaired) electrons. The smallest absolute Gasteiger partial charge is 0.128 e. The lowest BCUT2D eigenvalue weighted by molar-refractivity contribution is 0.396. The highest BCUT2D eigenvalue weighted by Gasteiger charge is 2.26. The summed E-state index contributed by atoms with van der Waals surface area (Å²) in [5.41, 5.74) is 0.755. The summed E-state index contributed by atoms with van der Waals surface area (Å²) in [4.78, 5) is 0. The van der Waals surface area contributed by atoms with Crippen LogP contribution in [-0.4, -0.2) is 20.1 Å². The van der Waals surface area contributed by atoms with Gasteiger partial charge in [0.15, 0.2) is 0 Å². The molecule has 0 spiro atoms. The van der Waals surface area contributed by atoms with E-state index in [9.17, 15) is 4.39 Å². The Hall–Kier alpha value is -0.450. The van der Waals surface area contributed by atoms with E-state index in [2.05, 4.69) is 26.6 Å². The van der Waals surface area contributed by atoms with E-state index < -0.39 is 0 Å². The number of hydrogen-bond acceptors (Lipinski definition) is 2. The molecule has 1 aliphatic heterocycles. The molecule has 1 aliphatic rings. The van der Waals surface area contributed by atoms with Gasteiger partial charge in [-0.05, 0) is 50.7 Å². The SMILES string of the molecule is CNC(c1cc(Br)ccc1F)C1CCNC1. The van der Waals surface area contributed by atoms with Crippen molar-refractivity contribution in [1.82, 2.24) is 10.6 Å². The van der Waals surface area contributed by atoms with Gasteiger partial charge in [-0.2, -0.15) is 0 Å². The molecule has 0 bridgehead atoms. The average Bonchev–Trinajstić information content (AvgIpc) is 2.78. The molecule has 0 aliphatic carbocycles. The first-order valence-electron chi connectivity index (χ1n) is 5.55. The van der Waals surface area contributed by atoms with Gasteiger partial charge in [-0.15, -0.1) is 0 Å². The molecule has 1 aromatic rings. The van der Waals surface area contributed by atoms with Crippen LogP contribution < -0.4 is 10.6 Å². The van der Waals surface area contributed by atoms with Crippen LogP contribution in [0.1, 0.15) is 18.0 Å². The molecule has 1 saturated heterocycles. The second kappa shape index (κ2) is 5.25. The molecule has 2 N–H and O–H groups in total. The maximum Gasteiger partial charge on any atom is 0.128 e. The zero-order chi connectivity index (χ0) is 11.5. The summed E-state index contributed by atoms with van der Waals surface area (Å²) in [5.74, 6) is 0.336. The van der Waals surface area contributed by atoms with E-state index in [1.165, 1.54) is 6.07 Å². The van der Waals surface area contributed by atoms with Gasteiger partial charge in [0.1, 0.15) is 5.82 Å². The molecule has 4 heteroatoms. The lowest BCUT2D eigenvalue weighted by atomic mass is 9.92. The largest absolute Gasteiger partial charge is 0.316 e. The predicted octanol–water partition coefficient (Wildman–Crippen LogP) is 2.46.